The van der Waals surface area contributed by atoms with Crippen LogP contribution in [0.15, 0.2) is 47.6 Å². The minimum atomic E-state index is -0.340. The molecular weight excluding hydrogens is 271 g/mol. The second-order valence-corrected chi connectivity index (χ2v) is 4.09. The van der Waals surface area contributed by atoms with Gasteiger partial charge in [0.2, 0.25) is 0 Å². The molecule has 0 aliphatic heterocycles. The summed E-state index contributed by atoms with van der Waals surface area (Å²) in [6.07, 6.45) is 0. The molecule has 98 valence electrons. The topological polar surface area (TPSA) is 67.8 Å². The summed E-state index contributed by atoms with van der Waals surface area (Å²) in [5.41, 5.74) is 5.85. The Morgan fingerprint density at radius 2 is 1.79 bits per heavy atom. The highest BCUT2D eigenvalue weighted by atomic mass is 35.5. The van der Waals surface area contributed by atoms with Crippen LogP contribution in [-0.2, 0) is 0 Å². The number of oxime groups is 1. The summed E-state index contributed by atoms with van der Waals surface area (Å²) in [7, 11) is 0. The Morgan fingerprint density at radius 3 is 2.37 bits per heavy atom. The van der Waals surface area contributed by atoms with Crippen molar-refractivity contribution in [2.24, 2.45) is 10.9 Å². The minimum absolute atomic E-state index is 0.0849. The van der Waals surface area contributed by atoms with Crippen LogP contribution < -0.4 is 10.5 Å². The van der Waals surface area contributed by atoms with Gasteiger partial charge >= 0.3 is 0 Å². The Kier molecular flexibility index (Phi) is 3.87. The maximum absolute atomic E-state index is 12.7. The van der Waals surface area contributed by atoms with E-state index in [0.29, 0.717) is 17.1 Å². The molecule has 0 aromatic heterocycles. The zero-order chi connectivity index (χ0) is 13.8. The van der Waals surface area contributed by atoms with E-state index in [9.17, 15) is 4.39 Å². The van der Waals surface area contributed by atoms with E-state index in [1.165, 1.54) is 30.3 Å². The second kappa shape index (κ2) is 5.58. The Hall–Kier alpha value is -2.27. The first kappa shape index (κ1) is 13.2. The van der Waals surface area contributed by atoms with Gasteiger partial charge in [-0.1, -0.05) is 16.8 Å². The number of hydrogen-bond acceptors (Lipinski definition) is 3. The van der Waals surface area contributed by atoms with Crippen LogP contribution in [0.25, 0.3) is 0 Å². The molecule has 0 radical (unpaired) electrons. The molecule has 0 amide bonds. The minimum Gasteiger partial charge on any atom is -0.457 e. The largest absolute Gasteiger partial charge is 0.457 e. The molecule has 0 aliphatic carbocycles. The van der Waals surface area contributed by atoms with E-state index in [1.807, 2.05) is 0 Å². The fourth-order valence-electron chi connectivity index (χ4n) is 1.46. The first-order chi connectivity index (χ1) is 9.10. The zero-order valence-electron chi connectivity index (χ0n) is 9.68. The van der Waals surface area contributed by atoms with Crippen LogP contribution in [0.4, 0.5) is 4.39 Å². The van der Waals surface area contributed by atoms with Crippen LogP contribution in [0.2, 0.25) is 5.02 Å². The molecule has 3 N–H and O–H groups in total. The van der Waals surface area contributed by atoms with Crippen LogP contribution in [-0.4, -0.2) is 11.0 Å². The van der Waals surface area contributed by atoms with Crippen LogP contribution in [0.1, 0.15) is 5.56 Å². The number of nitrogens with two attached hydrogens (primary N) is 1. The standard InChI is InChI=1S/C13H10ClFN2O2/c14-12-7-10(5-6-11(12)13(16)17-18)19-9-3-1-8(15)2-4-9/h1-7,18H,(H2,16,17). The molecule has 6 heteroatoms. The first-order valence-electron chi connectivity index (χ1n) is 5.31. The van der Waals surface area contributed by atoms with Crippen LogP contribution in [0, 0.1) is 5.82 Å². The number of rotatable bonds is 3. The van der Waals surface area contributed by atoms with Gasteiger partial charge in [0.05, 0.1) is 5.02 Å². The lowest BCUT2D eigenvalue weighted by atomic mass is 10.2. The van der Waals surface area contributed by atoms with Crippen molar-refractivity contribution in [3.63, 3.8) is 0 Å². The summed E-state index contributed by atoms with van der Waals surface area (Å²) in [5, 5.41) is 11.7. The predicted octanol–water partition coefficient (Wildman–Crippen LogP) is 3.37. The van der Waals surface area contributed by atoms with Crippen molar-refractivity contribution >= 4 is 17.4 Å². The summed E-state index contributed by atoms with van der Waals surface area (Å²) in [6.45, 7) is 0. The molecule has 0 fully saturated rings. The summed E-state index contributed by atoms with van der Waals surface area (Å²) in [6, 6.07) is 10.3. The number of ether oxygens (including phenoxy) is 1. The molecule has 2 rings (SSSR count). The van der Waals surface area contributed by atoms with Crippen molar-refractivity contribution in [1.82, 2.24) is 0 Å². The lowest BCUT2D eigenvalue weighted by Gasteiger charge is -2.08. The molecule has 0 bridgehead atoms. The molecule has 0 aliphatic rings. The molecule has 4 nitrogen and oxygen atoms in total. The van der Waals surface area contributed by atoms with E-state index in [4.69, 9.17) is 27.3 Å². The zero-order valence-corrected chi connectivity index (χ0v) is 10.4. The Labute approximate surface area is 113 Å². The SMILES string of the molecule is N/C(=N/O)c1ccc(Oc2ccc(F)cc2)cc1Cl. The third-order valence-corrected chi connectivity index (χ3v) is 2.69. The molecule has 2 aromatic carbocycles. The van der Waals surface area contributed by atoms with Crippen molar-refractivity contribution in [2.75, 3.05) is 0 Å². The summed E-state index contributed by atoms with van der Waals surface area (Å²) in [5.74, 6) is 0.520. The molecule has 0 saturated carbocycles. The van der Waals surface area contributed by atoms with Gasteiger partial charge < -0.3 is 15.7 Å². The van der Waals surface area contributed by atoms with E-state index in [-0.39, 0.29) is 16.7 Å². The molecule has 0 unspecified atom stereocenters. The molecule has 0 heterocycles. The highest BCUT2D eigenvalue weighted by molar-refractivity contribution is 6.34. The normalized spacial score (nSPS) is 11.4. The maximum atomic E-state index is 12.7. The van der Waals surface area contributed by atoms with Crippen LogP contribution >= 0.6 is 11.6 Å². The fraction of sp³-hybridized carbons (Fsp3) is 0. The van der Waals surface area contributed by atoms with Crippen LogP contribution in [0.5, 0.6) is 11.5 Å². The van der Waals surface area contributed by atoms with Gasteiger partial charge in [0.1, 0.15) is 17.3 Å². The van der Waals surface area contributed by atoms with Crippen molar-refractivity contribution in [1.29, 1.82) is 0 Å². The monoisotopic (exact) mass is 280 g/mol. The van der Waals surface area contributed by atoms with Gasteiger partial charge in [-0.3, -0.25) is 0 Å². The molecule has 0 saturated heterocycles. The Morgan fingerprint density at radius 1 is 1.16 bits per heavy atom. The smallest absolute Gasteiger partial charge is 0.171 e. The number of benzene rings is 2. The summed E-state index contributed by atoms with van der Waals surface area (Å²) in [4.78, 5) is 0. The van der Waals surface area contributed by atoms with Gasteiger partial charge in [0, 0.05) is 11.6 Å². The van der Waals surface area contributed by atoms with Crippen molar-refractivity contribution in [2.45, 2.75) is 0 Å². The van der Waals surface area contributed by atoms with E-state index >= 15 is 0 Å². The highest BCUT2D eigenvalue weighted by Crippen LogP contribution is 2.26. The maximum Gasteiger partial charge on any atom is 0.171 e. The first-order valence-corrected chi connectivity index (χ1v) is 5.69. The van der Waals surface area contributed by atoms with Gasteiger partial charge in [-0.05, 0) is 36.4 Å². The van der Waals surface area contributed by atoms with E-state index in [2.05, 4.69) is 5.16 Å². The lowest BCUT2D eigenvalue weighted by Crippen LogP contribution is -2.13. The Bertz CT molecular complexity index is 615. The molecule has 0 atom stereocenters. The highest BCUT2D eigenvalue weighted by Gasteiger charge is 2.07. The molecular formula is C13H10ClFN2O2. The summed E-state index contributed by atoms with van der Waals surface area (Å²) < 4.78 is 18.2. The Balaban J connectivity index is 2.23. The van der Waals surface area contributed by atoms with Gasteiger partial charge in [-0.2, -0.15) is 0 Å². The third-order valence-electron chi connectivity index (χ3n) is 2.37. The molecule has 2 aromatic rings. The number of halogens is 2. The van der Waals surface area contributed by atoms with Gasteiger partial charge in [0.25, 0.3) is 0 Å². The average Bonchev–Trinajstić information content (AvgIpc) is 2.41. The van der Waals surface area contributed by atoms with Gasteiger partial charge in [0.15, 0.2) is 5.84 Å². The van der Waals surface area contributed by atoms with Gasteiger partial charge in [-0.25, -0.2) is 4.39 Å². The summed E-state index contributed by atoms with van der Waals surface area (Å²) >= 11 is 5.98. The second-order valence-electron chi connectivity index (χ2n) is 3.68. The van der Waals surface area contributed by atoms with Gasteiger partial charge in [-0.15, -0.1) is 0 Å². The van der Waals surface area contributed by atoms with Crippen molar-refractivity contribution in [3.05, 3.63) is 58.9 Å². The third kappa shape index (κ3) is 3.14. The fourth-order valence-corrected chi connectivity index (χ4v) is 1.73. The van der Waals surface area contributed by atoms with Crippen LogP contribution in [0.3, 0.4) is 0 Å². The number of nitrogens with zero attached hydrogens (tertiary/aromatic N) is 1. The van der Waals surface area contributed by atoms with Crippen molar-refractivity contribution < 1.29 is 14.3 Å². The number of hydrogen-bond donors (Lipinski definition) is 2. The van der Waals surface area contributed by atoms with E-state index < -0.39 is 0 Å². The molecule has 19 heavy (non-hydrogen) atoms. The molecule has 0 spiro atoms. The number of amidine groups is 1. The average molecular weight is 281 g/mol. The van der Waals surface area contributed by atoms with E-state index in [1.54, 1.807) is 12.1 Å². The van der Waals surface area contributed by atoms with Crippen molar-refractivity contribution in [3.8, 4) is 11.5 Å². The lowest BCUT2D eigenvalue weighted by molar-refractivity contribution is 0.318. The van der Waals surface area contributed by atoms with E-state index in [0.717, 1.165) is 0 Å². The quantitative estimate of drug-likeness (QED) is 0.392. The predicted molar refractivity (Wildman–Crippen MR) is 70.4 cm³/mol.